The fraction of sp³-hybridized carbons (Fsp3) is 0.0714. The second-order valence-corrected chi connectivity index (χ2v) is 5.96. The van der Waals surface area contributed by atoms with Crippen molar-refractivity contribution in [3.8, 4) is 0 Å². The highest BCUT2D eigenvalue weighted by Crippen LogP contribution is 2.28. The van der Waals surface area contributed by atoms with Gasteiger partial charge in [0.25, 0.3) is 0 Å². The average Bonchev–Trinajstić information content (AvgIpc) is 2.93. The van der Waals surface area contributed by atoms with Gasteiger partial charge in [0.1, 0.15) is 0 Å². The molecule has 5 nitrogen and oxygen atoms in total. The molecule has 0 aliphatic heterocycles. The Bertz CT molecular complexity index is 819. The summed E-state index contributed by atoms with van der Waals surface area (Å²) in [4.78, 5) is 15.5. The molecular formula is C14H10ClN3O2S. The number of hydrogen-bond acceptors (Lipinski definition) is 5. The first-order chi connectivity index (χ1) is 10.1. The van der Waals surface area contributed by atoms with Gasteiger partial charge in [-0.25, -0.2) is 0 Å². The Morgan fingerprint density at radius 3 is 2.95 bits per heavy atom. The summed E-state index contributed by atoms with van der Waals surface area (Å²) in [5, 5.41) is 15.6. The summed E-state index contributed by atoms with van der Waals surface area (Å²) in [6, 6.07) is 10.7. The van der Waals surface area contributed by atoms with Crippen molar-refractivity contribution < 1.29 is 4.92 Å². The van der Waals surface area contributed by atoms with Crippen LogP contribution in [0.3, 0.4) is 0 Å². The second-order valence-electron chi connectivity index (χ2n) is 4.38. The maximum Gasteiger partial charge on any atom is 0.324 e. The average molecular weight is 320 g/mol. The van der Waals surface area contributed by atoms with Crippen LogP contribution in [0.2, 0.25) is 5.02 Å². The van der Waals surface area contributed by atoms with Gasteiger partial charge < -0.3 is 5.32 Å². The number of aromatic nitrogens is 1. The Hall–Kier alpha value is -2.18. The summed E-state index contributed by atoms with van der Waals surface area (Å²) in [7, 11) is 0. The zero-order chi connectivity index (χ0) is 14.8. The van der Waals surface area contributed by atoms with Gasteiger partial charge in [-0.2, -0.15) is 0 Å². The topological polar surface area (TPSA) is 68.1 Å². The minimum Gasteiger partial charge on any atom is -0.378 e. The first-order valence-corrected chi connectivity index (χ1v) is 7.34. The highest BCUT2D eigenvalue weighted by molar-refractivity contribution is 7.15. The van der Waals surface area contributed by atoms with Gasteiger partial charge in [-0.3, -0.25) is 15.1 Å². The summed E-state index contributed by atoms with van der Waals surface area (Å²) in [5.41, 5.74) is 1.64. The van der Waals surface area contributed by atoms with E-state index in [0.29, 0.717) is 11.6 Å². The van der Waals surface area contributed by atoms with Crippen molar-refractivity contribution in [1.82, 2.24) is 4.98 Å². The normalized spacial score (nSPS) is 10.7. The number of rotatable bonds is 4. The standard InChI is InChI=1S/C14H10ClN3O2S/c15-10-6-9-2-1-5-16-14(9)12(7-10)17-8-11-3-4-13(21-11)18(19)20/h1-7,17H,8H2. The molecular weight excluding hydrogens is 310 g/mol. The van der Waals surface area contributed by atoms with Crippen LogP contribution in [-0.2, 0) is 6.54 Å². The van der Waals surface area contributed by atoms with Gasteiger partial charge in [-0.05, 0) is 24.3 Å². The Labute approximate surface area is 129 Å². The van der Waals surface area contributed by atoms with Crippen molar-refractivity contribution in [2.75, 3.05) is 5.32 Å². The summed E-state index contributed by atoms with van der Waals surface area (Å²) in [5.74, 6) is 0. The summed E-state index contributed by atoms with van der Waals surface area (Å²) in [6.07, 6.45) is 1.72. The van der Waals surface area contributed by atoms with E-state index in [0.717, 1.165) is 32.8 Å². The Kier molecular flexibility index (Phi) is 3.72. The number of pyridine rings is 1. The van der Waals surface area contributed by atoms with E-state index >= 15 is 0 Å². The number of halogens is 1. The minimum atomic E-state index is -0.384. The van der Waals surface area contributed by atoms with Gasteiger partial charge >= 0.3 is 5.00 Å². The Balaban J connectivity index is 1.86. The molecule has 7 heteroatoms. The molecule has 0 saturated heterocycles. The molecule has 0 aliphatic carbocycles. The third kappa shape index (κ3) is 2.96. The van der Waals surface area contributed by atoms with Crippen molar-refractivity contribution in [1.29, 1.82) is 0 Å². The molecule has 0 fully saturated rings. The molecule has 2 aromatic heterocycles. The molecule has 0 amide bonds. The number of benzene rings is 1. The lowest BCUT2D eigenvalue weighted by atomic mass is 10.2. The second kappa shape index (κ2) is 5.67. The third-order valence-corrected chi connectivity index (χ3v) is 4.21. The summed E-state index contributed by atoms with van der Waals surface area (Å²) in [6.45, 7) is 0.491. The predicted octanol–water partition coefficient (Wildman–Crippen LogP) is 4.47. The number of fused-ring (bicyclic) bond motifs is 1. The zero-order valence-corrected chi connectivity index (χ0v) is 12.3. The molecule has 0 radical (unpaired) electrons. The lowest BCUT2D eigenvalue weighted by molar-refractivity contribution is -0.380. The number of nitro groups is 1. The molecule has 21 heavy (non-hydrogen) atoms. The van der Waals surface area contributed by atoms with E-state index in [9.17, 15) is 10.1 Å². The van der Waals surface area contributed by atoms with Crippen molar-refractivity contribution in [3.05, 3.63) is 62.6 Å². The van der Waals surface area contributed by atoms with Gasteiger partial charge in [-0.1, -0.05) is 29.0 Å². The van der Waals surface area contributed by atoms with Gasteiger partial charge in [0.05, 0.1) is 16.1 Å². The van der Waals surface area contributed by atoms with E-state index in [4.69, 9.17) is 11.6 Å². The van der Waals surface area contributed by atoms with E-state index in [1.54, 1.807) is 18.3 Å². The number of hydrogen-bond donors (Lipinski definition) is 1. The van der Waals surface area contributed by atoms with Crippen LogP contribution in [0, 0.1) is 10.1 Å². The molecule has 0 spiro atoms. The van der Waals surface area contributed by atoms with Gasteiger partial charge in [-0.15, -0.1) is 0 Å². The SMILES string of the molecule is O=[N+]([O-])c1ccc(CNc2cc(Cl)cc3cccnc23)s1. The van der Waals surface area contributed by atoms with Crippen LogP contribution in [0.4, 0.5) is 10.7 Å². The fourth-order valence-corrected chi connectivity index (χ4v) is 3.02. The molecule has 0 unspecified atom stereocenters. The van der Waals surface area contributed by atoms with Crippen LogP contribution >= 0.6 is 22.9 Å². The maximum absolute atomic E-state index is 10.7. The van der Waals surface area contributed by atoms with Crippen molar-refractivity contribution in [3.63, 3.8) is 0 Å². The molecule has 0 aliphatic rings. The predicted molar refractivity (Wildman–Crippen MR) is 85.1 cm³/mol. The first-order valence-electron chi connectivity index (χ1n) is 6.15. The van der Waals surface area contributed by atoms with Gasteiger partial charge in [0.2, 0.25) is 0 Å². The van der Waals surface area contributed by atoms with E-state index in [2.05, 4.69) is 10.3 Å². The third-order valence-electron chi connectivity index (χ3n) is 2.95. The molecule has 1 N–H and O–H groups in total. The maximum atomic E-state index is 10.7. The largest absolute Gasteiger partial charge is 0.378 e. The molecule has 106 valence electrons. The van der Waals surface area contributed by atoms with Crippen LogP contribution < -0.4 is 5.32 Å². The van der Waals surface area contributed by atoms with E-state index in [1.807, 2.05) is 18.2 Å². The van der Waals surface area contributed by atoms with Crippen molar-refractivity contribution in [2.45, 2.75) is 6.54 Å². The Morgan fingerprint density at radius 1 is 1.33 bits per heavy atom. The minimum absolute atomic E-state index is 0.140. The molecule has 3 rings (SSSR count). The monoisotopic (exact) mass is 319 g/mol. The number of nitrogens with zero attached hydrogens (tertiary/aromatic N) is 2. The Morgan fingerprint density at radius 2 is 2.19 bits per heavy atom. The zero-order valence-electron chi connectivity index (χ0n) is 10.7. The fourth-order valence-electron chi connectivity index (χ4n) is 2.03. The van der Waals surface area contributed by atoms with Gasteiger partial charge in [0.15, 0.2) is 0 Å². The quantitative estimate of drug-likeness (QED) is 0.569. The van der Waals surface area contributed by atoms with Crippen LogP contribution in [0.25, 0.3) is 10.9 Å². The molecule has 3 aromatic rings. The van der Waals surface area contributed by atoms with Crippen molar-refractivity contribution in [2.24, 2.45) is 0 Å². The molecule has 0 atom stereocenters. The molecule has 2 heterocycles. The highest BCUT2D eigenvalue weighted by atomic mass is 35.5. The summed E-state index contributed by atoms with van der Waals surface area (Å²) >= 11 is 7.25. The van der Waals surface area contributed by atoms with E-state index in [1.165, 1.54) is 6.07 Å². The number of nitrogens with one attached hydrogen (secondary N) is 1. The molecule has 1 aromatic carbocycles. The lowest BCUT2D eigenvalue weighted by Crippen LogP contribution is -1.99. The molecule has 0 bridgehead atoms. The van der Waals surface area contributed by atoms with Crippen LogP contribution in [0.15, 0.2) is 42.6 Å². The number of thiophene rings is 1. The summed E-state index contributed by atoms with van der Waals surface area (Å²) < 4.78 is 0. The lowest BCUT2D eigenvalue weighted by Gasteiger charge is -2.08. The smallest absolute Gasteiger partial charge is 0.324 e. The molecule has 0 saturated carbocycles. The number of anilines is 1. The first kappa shape index (κ1) is 13.8. The van der Waals surface area contributed by atoms with E-state index < -0.39 is 0 Å². The van der Waals surface area contributed by atoms with E-state index in [-0.39, 0.29) is 9.92 Å². The van der Waals surface area contributed by atoms with Crippen LogP contribution in [0.1, 0.15) is 4.88 Å². The van der Waals surface area contributed by atoms with Crippen LogP contribution in [-0.4, -0.2) is 9.91 Å². The van der Waals surface area contributed by atoms with Crippen LogP contribution in [0.5, 0.6) is 0 Å². The van der Waals surface area contributed by atoms with Crippen molar-refractivity contribution >= 4 is 44.5 Å². The van der Waals surface area contributed by atoms with Gasteiger partial charge in [0, 0.05) is 34.1 Å². The highest BCUT2D eigenvalue weighted by Gasteiger charge is 2.10.